The summed E-state index contributed by atoms with van der Waals surface area (Å²) < 4.78 is 28.0. The molecule has 6 N–H and O–H groups in total. The minimum absolute atomic E-state index is 0.0459. The molecule has 1 aliphatic heterocycles. The van der Waals surface area contributed by atoms with Crippen molar-refractivity contribution in [3.63, 3.8) is 0 Å². The summed E-state index contributed by atoms with van der Waals surface area (Å²) in [5.74, 6) is -4.31. The lowest BCUT2D eigenvalue weighted by molar-refractivity contribution is -0.145. The van der Waals surface area contributed by atoms with Gasteiger partial charge in [-0.25, -0.2) is 17.8 Å². The fourth-order valence-electron chi connectivity index (χ4n) is 6.76. The maximum absolute atomic E-state index is 14.4. The topological polar surface area (TPSA) is 236 Å². The molecular weight excluding hydrogens is 668 g/mol. The Morgan fingerprint density at radius 3 is 2.38 bits per heavy atom. The zero-order valence-electron chi connectivity index (χ0n) is 28.1. The molecule has 1 aromatic heterocycles. The van der Waals surface area contributed by atoms with Gasteiger partial charge in [0.15, 0.2) is 0 Å². The van der Waals surface area contributed by atoms with Crippen LogP contribution >= 0.6 is 0 Å². The summed E-state index contributed by atoms with van der Waals surface area (Å²) in [5.41, 5.74) is 2.97. The molecule has 3 aromatic rings. The van der Waals surface area contributed by atoms with Gasteiger partial charge in [0.25, 0.3) is 11.8 Å². The highest BCUT2D eigenvalue weighted by molar-refractivity contribution is 7.88. The van der Waals surface area contributed by atoms with Crippen LogP contribution in [0.1, 0.15) is 74.5 Å². The number of carbonyl (C=O) groups is 5. The van der Waals surface area contributed by atoms with Gasteiger partial charge in [0.05, 0.1) is 24.2 Å². The molecule has 4 amide bonds. The first-order valence-electron chi connectivity index (χ1n) is 16.3. The van der Waals surface area contributed by atoms with Crippen LogP contribution in [-0.2, 0) is 34.8 Å². The number of benzene rings is 2. The van der Waals surface area contributed by atoms with Crippen LogP contribution in [0.25, 0.3) is 10.8 Å². The Kier molecular flexibility index (Phi) is 10.4. The summed E-state index contributed by atoms with van der Waals surface area (Å²) in [6.45, 7) is 2.37. The number of fused-ring (bicyclic) bond motifs is 1. The first-order chi connectivity index (χ1) is 23.5. The number of hydrogen-bond donors (Lipinski definition) is 5. The third-order valence-corrected chi connectivity index (χ3v) is 10.00. The molecule has 50 heavy (non-hydrogen) atoms. The van der Waals surface area contributed by atoms with Crippen molar-refractivity contribution in [1.82, 2.24) is 35.2 Å². The molecule has 0 radical (unpaired) electrons. The van der Waals surface area contributed by atoms with Gasteiger partial charge in [-0.3, -0.25) is 24.0 Å². The minimum atomic E-state index is -3.83. The molecule has 268 valence electrons. The summed E-state index contributed by atoms with van der Waals surface area (Å²) in [6.07, 6.45) is 4.49. The number of likely N-dealkylation sites (tertiary alicyclic amines) is 1. The predicted molar refractivity (Wildman–Crippen MR) is 181 cm³/mol. The van der Waals surface area contributed by atoms with Crippen LogP contribution in [-0.4, -0.2) is 99.8 Å². The molecule has 3 atom stereocenters. The van der Waals surface area contributed by atoms with Crippen molar-refractivity contribution in [3.8, 4) is 0 Å². The van der Waals surface area contributed by atoms with Crippen molar-refractivity contribution < 1.29 is 37.5 Å². The lowest BCUT2D eigenvalue weighted by Gasteiger charge is -2.37. The van der Waals surface area contributed by atoms with E-state index in [-0.39, 0.29) is 31.4 Å². The number of nitrogens with two attached hydrogens (primary N) is 1. The molecule has 1 saturated heterocycles. The third kappa shape index (κ3) is 8.00. The molecule has 0 spiro atoms. The summed E-state index contributed by atoms with van der Waals surface area (Å²) in [7, 11) is -3.83. The van der Waals surface area contributed by atoms with Crippen LogP contribution in [0.15, 0.2) is 48.7 Å². The fraction of sp³-hybridized carbons (Fsp3) is 0.485. The average molecular weight is 711 g/mol. The van der Waals surface area contributed by atoms with Crippen molar-refractivity contribution >= 4 is 50.2 Å². The maximum Gasteiger partial charge on any atom is 0.287 e. The minimum Gasteiger partial charge on any atom is -0.384 e. The third-order valence-electron chi connectivity index (χ3n) is 9.31. The zero-order valence-corrected chi connectivity index (χ0v) is 28.9. The highest BCUT2D eigenvalue weighted by Crippen LogP contribution is 2.34. The van der Waals surface area contributed by atoms with Crippen molar-refractivity contribution in [2.45, 2.75) is 81.6 Å². The van der Waals surface area contributed by atoms with Crippen LogP contribution in [0.2, 0.25) is 0 Å². The smallest absolute Gasteiger partial charge is 0.287 e. The van der Waals surface area contributed by atoms with Gasteiger partial charge in [0.1, 0.15) is 23.2 Å². The van der Waals surface area contributed by atoms with Crippen LogP contribution in [0.5, 0.6) is 0 Å². The van der Waals surface area contributed by atoms with Gasteiger partial charge in [0.2, 0.25) is 27.6 Å². The Hall–Kier alpha value is -4.74. The van der Waals surface area contributed by atoms with Gasteiger partial charge >= 0.3 is 0 Å². The normalized spacial score (nSPS) is 19.9. The maximum atomic E-state index is 14.4. The number of amides is 4. The second-order valence-electron chi connectivity index (χ2n) is 13.6. The molecule has 2 aliphatic rings. The summed E-state index contributed by atoms with van der Waals surface area (Å²) in [4.78, 5) is 68.5. The highest BCUT2D eigenvalue weighted by atomic mass is 32.2. The Bertz CT molecular complexity index is 1920. The lowest BCUT2D eigenvalue weighted by atomic mass is 9.78. The Morgan fingerprint density at radius 1 is 1.06 bits per heavy atom. The monoisotopic (exact) mass is 710 g/mol. The van der Waals surface area contributed by atoms with Gasteiger partial charge < -0.3 is 26.4 Å². The molecule has 0 unspecified atom stereocenters. The average Bonchev–Trinajstić information content (AvgIpc) is 3.74. The number of aromatic nitrogens is 3. The molecule has 2 aromatic carbocycles. The lowest BCUT2D eigenvalue weighted by Crippen LogP contribution is -2.63. The Labute approximate surface area is 289 Å². The van der Waals surface area contributed by atoms with Crippen LogP contribution in [0.4, 0.5) is 0 Å². The second kappa shape index (κ2) is 14.2. The van der Waals surface area contributed by atoms with Crippen molar-refractivity contribution in [2.24, 2.45) is 5.73 Å². The zero-order chi connectivity index (χ0) is 36.4. The molecule has 2 fully saturated rings. The number of aliphatic hydroxyl groups is 1. The number of ketones is 1. The van der Waals surface area contributed by atoms with E-state index in [9.17, 15) is 37.5 Å². The molecule has 0 bridgehead atoms. The van der Waals surface area contributed by atoms with Gasteiger partial charge in [-0.2, -0.15) is 0 Å². The Balaban J connectivity index is 1.49. The first kappa shape index (κ1) is 36.5. The predicted octanol–water partition coefficient (Wildman–Crippen LogP) is 0.0220. The standard InChI is InChI=1S/C33H42N8O8S/c1-32(2,47)26-18-35-39-41(26)23-16-25(30(45)38-33(27(42)28(34)43)13-7-4-8-14-33)40(19-23)31(46)24(17-36-50(3,48)49)37-29(44)22-12-11-20-9-5-6-10-21(20)15-22/h5-6,9-12,15,18,23-25,36,47H,4,7-8,13-14,16-17,19H2,1-3H3,(H2,34,43)(H,37,44)(H,38,45)/t23-,24+,25-/m0/s1. The van der Waals surface area contributed by atoms with E-state index in [1.54, 1.807) is 18.2 Å². The van der Waals surface area contributed by atoms with E-state index >= 15 is 0 Å². The fourth-order valence-corrected chi connectivity index (χ4v) is 7.23. The van der Waals surface area contributed by atoms with Crippen molar-refractivity contribution in [2.75, 3.05) is 19.3 Å². The summed E-state index contributed by atoms with van der Waals surface area (Å²) in [6, 6.07) is 8.89. The molecular formula is C33H42N8O8S. The number of nitrogens with zero attached hydrogens (tertiary/aromatic N) is 4. The number of carbonyl (C=O) groups excluding carboxylic acids is 5. The van der Waals surface area contributed by atoms with Gasteiger partial charge in [-0.1, -0.05) is 54.8 Å². The van der Waals surface area contributed by atoms with E-state index in [0.29, 0.717) is 18.5 Å². The first-order valence-corrected chi connectivity index (χ1v) is 18.2. The highest BCUT2D eigenvalue weighted by Gasteiger charge is 2.49. The van der Waals surface area contributed by atoms with E-state index in [0.717, 1.165) is 23.4 Å². The largest absolute Gasteiger partial charge is 0.384 e. The quantitative estimate of drug-likeness (QED) is 0.158. The summed E-state index contributed by atoms with van der Waals surface area (Å²) >= 11 is 0. The molecule has 16 nitrogen and oxygen atoms in total. The van der Waals surface area contributed by atoms with E-state index in [4.69, 9.17) is 5.73 Å². The van der Waals surface area contributed by atoms with Gasteiger partial charge in [-0.15, -0.1) is 5.10 Å². The number of Topliss-reactive ketones (excluding diaryl/α,β-unsaturated/α-hetero) is 1. The van der Waals surface area contributed by atoms with Crippen molar-refractivity contribution in [1.29, 1.82) is 0 Å². The second-order valence-corrected chi connectivity index (χ2v) is 15.4. The van der Waals surface area contributed by atoms with E-state index < -0.39 is 75.2 Å². The van der Waals surface area contributed by atoms with Crippen LogP contribution in [0, 0.1) is 0 Å². The van der Waals surface area contributed by atoms with Crippen LogP contribution < -0.4 is 21.1 Å². The number of primary amides is 1. The number of hydrogen-bond acceptors (Lipinski definition) is 10. The van der Waals surface area contributed by atoms with Crippen LogP contribution in [0.3, 0.4) is 0 Å². The number of sulfonamides is 1. The Morgan fingerprint density at radius 2 is 1.74 bits per heavy atom. The molecule has 1 aliphatic carbocycles. The van der Waals surface area contributed by atoms with Gasteiger partial charge in [-0.05, 0) is 49.6 Å². The van der Waals surface area contributed by atoms with E-state index in [2.05, 4.69) is 25.7 Å². The van der Waals surface area contributed by atoms with E-state index in [1.807, 2.05) is 24.3 Å². The SMILES string of the molecule is CC(C)(O)c1cnnn1[C@H]1C[C@@H](C(=O)NC2(C(=O)C(N)=O)CCCCC2)N(C(=O)[C@@H](CNS(C)(=O)=O)NC(=O)c2ccc3ccccc3c2)C1. The van der Waals surface area contributed by atoms with Gasteiger partial charge in [0, 0.05) is 25.1 Å². The molecule has 5 rings (SSSR count). The summed E-state index contributed by atoms with van der Waals surface area (Å²) in [5, 5.41) is 25.9. The number of rotatable bonds is 12. The van der Waals surface area contributed by atoms with Crippen molar-refractivity contribution in [3.05, 3.63) is 59.9 Å². The molecule has 17 heteroatoms. The molecule has 2 heterocycles. The molecule has 1 saturated carbocycles. The van der Waals surface area contributed by atoms with E-state index in [1.165, 1.54) is 29.6 Å². The number of nitrogens with one attached hydrogen (secondary N) is 3.